The van der Waals surface area contributed by atoms with Crippen molar-refractivity contribution in [3.63, 3.8) is 0 Å². The number of hydrogen-bond donors (Lipinski definition) is 1. The summed E-state index contributed by atoms with van der Waals surface area (Å²) in [6, 6.07) is 12.1. The van der Waals surface area contributed by atoms with Crippen LogP contribution in [0.1, 0.15) is 26.3 Å². The highest BCUT2D eigenvalue weighted by atomic mass is 16.5. The first-order valence-corrected chi connectivity index (χ1v) is 7.66. The normalized spacial score (nSPS) is 11.9. The molecule has 0 bridgehead atoms. The summed E-state index contributed by atoms with van der Waals surface area (Å²) in [4.78, 5) is 24.8. The molecule has 1 amide bonds. The fourth-order valence-electron chi connectivity index (χ4n) is 2.13. The summed E-state index contributed by atoms with van der Waals surface area (Å²) in [5.74, 6) is 0.413. The van der Waals surface area contributed by atoms with Crippen molar-refractivity contribution in [3.8, 4) is 5.75 Å². The van der Waals surface area contributed by atoms with E-state index in [0.717, 1.165) is 11.3 Å². The van der Waals surface area contributed by atoms with Gasteiger partial charge in [0.15, 0.2) is 0 Å². The maximum Gasteiger partial charge on any atom is 0.268 e. The van der Waals surface area contributed by atoms with Crippen LogP contribution >= 0.6 is 0 Å². The zero-order valence-corrected chi connectivity index (χ0v) is 14.4. The van der Waals surface area contributed by atoms with Crippen molar-refractivity contribution in [2.24, 2.45) is 0 Å². The summed E-state index contributed by atoms with van der Waals surface area (Å²) in [5, 5.41) is 2.90. The highest BCUT2D eigenvalue weighted by Crippen LogP contribution is 2.16. The standard InChI is InChI=1S/C19H22N2O3/c1-19(2,3)20-18(23)16(21-12-6-5-7-17(21)22)13-14-8-10-15(24-4)11-9-14/h5-13H,1-4H3,(H,20,23)/b16-13+. The fraction of sp³-hybridized carbons (Fsp3) is 0.263. The van der Waals surface area contributed by atoms with Crippen molar-refractivity contribution < 1.29 is 9.53 Å². The molecule has 2 aromatic rings. The van der Waals surface area contributed by atoms with Crippen molar-refractivity contribution in [1.29, 1.82) is 0 Å². The molecule has 2 rings (SSSR count). The van der Waals surface area contributed by atoms with E-state index in [9.17, 15) is 9.59 Å². The summed E-state index contributed by atoms with van der Waals surface area (Å²) < 4.78 is 6.47. The molecule has 0 atom stereocenters. The van der Waals surface area contributed by atoms with Crippen molar-refractivity contribution in [1.82, 2.24) is 9.88 Å². The number of nitrogens with zero attached hydrogens (tertiary/aromatic N) is 1. The first-order valence-electron chi connectivity index (χ1n) is 7.66. The molecule has 0 saturated carbocycles. The largest absolute Gasteiger partial charge is 0.497 e. The number of methoxy groups -OCH3 is 1. The van der Waals surface area contributed by atoms with Gasteiger partial charge in [-0.3, -0.25) is 14.2 Å². The minimum absolute atomic E-state index is 0.263. The molecule has 1 aromatic carbocycles. The van der Waals surface area contributed by atoms with E-state index in [0.29, 0.717) is 0 Å². The average Bonchev–Trinajstić information content (AvgIpc) is 2.52. The molecule has 126 valence electrons. The fourth-order valence-corrected chi connectivity index (χ4v) is 2.13. The Morgan fingerprint density at radius 3 is 2.33 bits per heavy atom. The smallest absolute Gasteiger partial charge is 0.268 e. The summed E-state index contributed by atoms with van der Waals surface area (Å²) in [6.45, 7) is 5.68. The van der Waals surface area contributed by atoms with Gasteiger partial charge in [0.25, 0.3) is 11.5 Å². The lowest BCUT2D eigenvalue weighted by Gasteiger charge is -2.22. The Balaban J connectivity index is 2.49. The third-order valence-corrected chi connectivity index (χ3v) is 3.22. The van der Waals surface area contributed by atoms with Crippen LogP contribution in [0.5, 0.6) is 5.75 Å². The topological polar surface area (TPSA) is 60.3 Å². The maximum absolute atomic E-state index is 12.7. The first-order chi connectivity index (χ1) is 11.3. The number of ether oxygens (including phenoxy) is 1. The van der Waals surface area contributed by atoms with Gasteiger partial charge in [-0.1, -0.05) is 18.2 Å². The summed E-state index contributed by atoms with van der Waals surface area (Å²) in [5.41, 5.74) is 0.390. The Bertz CT molecular complexity index is 796. The van der Waals surface area contributed by atoms with Gasteiger partial charge in [0, 0.05) is 17.8 Å². The van der Waals surface area contributed by atoms with E-state index in [1.165, 1.54) is 10.6 Å². The van der Waals surface area contributed by atoms with Crippen LogP contribution in [0.2, 0.25) is 0 Å². The van der Waals surface area contributed by atoms with Crippen molar-refractivity contribution >= 4 is 17.7 Å². The lowest BCUT2D eigenvalue weighted by atomic mass is 10.1. The molecule has 0 saturated heterocycles. The predicted molar refractivity (Wildman–Crippen MR) is 95.8 cm³/mol. The first kappa shape index (κ1) is 17.5. The van der Waals surface area contributed by atoms with Crippen molar-refractivity contribution in [2.45, 2.75) is 26.3 Å². The minimum atomic E-state index is -0.408. The van der Waals surface area contributed by atoms with Crippen LogP contribution in [0.25, 0.3) is 11.8 Å². The van der Waals surface area contributed by atoms with E-state index >= 15 is 0 Å². The highest BCUT2D eigenvalue weighted by molar-refractivity contribution is 6.18. The highest BCUT2D eigenvalue weighted by Gasteiger charge is 2.19. The number of carbonyl (C=O) groups is 1. The number of benzene rings is 1. The number of rotatable bonds is 4. The molecule has 0 spiro atoms. The number of pyridine rings is 1. The quantitative estimate of drug-likeness (QED) is 0.879. The summed E-state index contributed by atoms with van der Waals surface area (Å²) >= 11 is 0. The van der Waals surface area contributed by atoms with Gasteiger partial charge in [-0.25, -0.2) is 0 Å². The van der Waals surface area contributed by atoms with Crippen LogP contribution in [0, 0.1) is 0 Å². The molecule has 1 aromatic heterocycles. The van der Waals surface area contributed by atoms with Gasteiger partial charge >= 0.3 is 0 Å². The molecule has 0 fully saturated rings. The van der Waals surface area contributed by atoms with Gasteiger partial charge in [-0.15, -0.1) is 0 Å². The number of carbonyl (C=O) groups excluding carboxylic acids is 1. The Kier molecular flexibility index (Phi) is 5.24. The molecule has 0 aliphatic heterocycles. The SMILES string of the molecule is COc1ccc(/C=C(\C(=O)NC(C)(C)C)n2ccccc2=O)cc1. The maximum atomic E-state index is 12.7. The average molecular weight is 326 g/mol. The third-order valence-electron chi connectivity index (χ3n) is 3.22. The molecule has 0 aliphatic carbocycles. The van der Waals surface area contributed by atoms with Crippen molar-refractivity contribution in [3.05, 3.63) is 64.6 Å². The molecule has 1 N–H and O–H groups in total. The second-order valence-corrected chi connectivity index (χ2v) is 6.42. The van der Waals surface area contributed by atoms with E-state index in [-0.39, 0.29) is 17.2 Å². The van der Waals surface area contributed by atoms with Gasteiger partial charge in [0.1, 0.15) is 11.4 Å². The summed E-state index contributed by atoms with van der Waals surface area (Å²) in [6.07, 6.45) is 3.27. The summed E-state index contributed by atoms with van der Waals surface area (Å²) in [7, 11) is 1.59. The van der Waals surface area contributed by atoms with Gasteiger partial charge in [0.05, 0.1) is 7.11 Å². The monoisotopic (exact) mass is 326 g/mol. The number of hydrogen-bond acceptors (Lipinski definition) is 3. The van der Waals surface area contributed by atoms with Gasteiger partial charge in [-0.05, 0) is 50.6 Å². The van der Waals surface area contributed by atoms with E-state index in [1.807, 2.05) is 32.9 Å². The zero-order chi connectivity index (χ0) is 17.7. The molecular weight excluding hydrogens is 304 g/mol. The van der Waals surface area contributed by atoms with E-state index in [1.54, 1.807) is 43.6 Å². The molecule has 24 heavy (non-hydrogen) atoms. The number of amides is 1. The molecular formula is C19H22N2O3. The van der Waals surface area contributed by atoms with Crippen LogP contribution in [0.4, 0.5) is 0 Å². The Morgan fingerprint density at radius 2 is 1.79 bits per heavy atom. The van der Waals surface area contributed by atoms with Crippen LogP contribution in [-0.2, 0) is 4.79 Å². The molecule has 1 heterocycles. The lowest BCUT2D eigenvalue weighted by molar-refractivity contribution is -0.117. The molecule has 0 aliphatic rings. The minimum Gasteiger partial charge on any atom is -0.497 e. The van der Waals surface area contributed by atoms with Gasteiger partial charge < -0.3 is 10.1 Å². The lowest BCUT2D eigenvalue weighted by Crippen LogP contribution is -2.42. The van der Waals surface area contributed by atoms with Gasteiger partial charge in [0.2, 0.25) is 0 Å². The zero-order valence-electron chi connectivity index (χ0n) is 14.4. The second kappa shape index (κ2) is 7.17. The van der Waals surface area contributed by atoms with E-state index < -0.39 is 5.54 Å². The second-order valence-electron chi connectivity index (χ2n) is 6.42. The molecule has 0 radical (unpaired) electrons. The molecule has 0 unspecified atom stereocenters. The molecule has 5 nitrogen and oxygen atoms in total. The number of nitrogens with one attached hydrogen (secondary N) is 1. The van der Waals surface area contributed by atoms with Crippen molar-refractivity contribution in [2.75, 3.05) is 7.11 Å². The Morgan fingerprint density at radius 1 is 1.12 bits per heavy atom. The predicted octanol–water partition coefficient (Wildman–Crippen LogP) is 2.77. The van der Waals surface area contributed by atoms with Crippen LogP contribution < -0.4 is 15.6 Å². The van der Waals surface area contributed by atoms with E-state index in [4.69, 9.17) is 4.74 Å². The van der Waals surface area contributed by atoms with Crippen LogP contribution in [0.3, 0.4) is 0 Å². The third kappa shape index (κ3) is 4.59. The van der Waals surface area contributed by atoms with Gasteiger partial charge in [-0.2, -0.15) is 0 Å². The Labute approximate surface area is 141 Å². The Hall–Kier alpha value is -2.82. The molecule has 5 heteroatoms. The van der Waals surface area contributed by atoms with E-state index in [2.05, 4.69) is 5.32 Å². The van der Waals surface area contributed by atoms with Crippen LogP contribution in [-0.4, -0.2) is 23.1 Å². The van der Waals surface area contributed by atoms with Crippen LogP contribution in [0.15, 0.2) is 53.5 Å². The number of aromatic nitrogens is 1.